The molecule has 102 valence electrons. The molecular formula is C11H22O6. The van der Waals surface area contributed by atoms with Gasteiger partial charge in [-0.15, -0.1) is 0 Å². The van der Waals surface area contributed by atoms with Gasteiger partial charge in [0.1, 0.15) is 24.4 Å². The molecule has 5 atom stereocenters. The molecule has 1 heterocycles. The highest BCUT2D eigenvalue weighted by Gasteiger charge is 2.43. The minimum absolute atomic E-state index is 0.413. The highest BCUT2D eigenvalue weighted by Crippen LogP contribution is 2.22. The van der Waals surface area contributed by atoms with E-state index >= 15 is 0 Å². The standard InChI is InChI=1S/C11H22O6/c1-2-3-4-5-16-11-10(15)9(14)8(13)7(6-12)17-11/h7-15H,2-6H2,1H3/t7-,8-,9+,10-,11-/m1/s1. The summed E-state index contributed by atoms with van der Waals surface area (Å²) in [5, 5.41) is 37.6. The minimum Gasteiger partial charge on any atom is -0.394 e. The van der Waals surface area contributed by atoms with Crippen molar-refractivity contribution in [1.82, 2.24) is 0 Å². The van der Waals surface area contributed by atoms with Gasteiger partial charge in [0.2, 0.25) is 0 Å². The fourth-order valence-electron chi connectivity index (χ4n) is 1.76. The van der Waals surface area contributed by atoms with E-state index in [1.54, 1.807) is 0 Å². The zero-order valence-electron chi connectivity index (χ0n) is 10.0. The molecule has 0 saturated carbocycles. The van der Waals surface area contributed by atoms with Gasteiger partial charge in [0.15, 0.2) is 6.29 Å². The van der Waals surface area contributed by atoms with Crippen molar-refractivity contribution in [1.29, 1.82) is 0 Å². The first-order chi connectivity index (χ1) is 8.11. The first kappa shape index (κ1) is 14.8. The van der Waals surface area contributed by atoms with Crippen LogP contribution in [0.4, 0.5) is 0 Å². The van der Waals surface area contributed by atoms with E-state index in [0.717, 1.165) is 19.3 Å². The minimum atomic E-state index is -1.36. The van der Waals surface area contributed by atoms with Crippen molar-refractivity contribution in [3.8, 4) is 0 Å². The van der Waals surface area contributed by atoms with Gasteiger partial charge in [-0.3, -0.25) is 0 Å². The van der Waals surface area contributed by atoms with Crippen LogP contribution >= 0.6 is 0 Å². The second-order valence-electron chi connectivity index (χ2n) is 4.28. The van der Waals surface area contributed by atoms with Crippen molar-refractivity contribution < 1.29 is 29.9 Å². The van der Waals surface area contributed by atoms with E-state index < -0.39 is 37.3 Å². The lowest BCUT2D eigenvalue weighted by Crippen LogP contribution is -2.59. The average Bonchev–Trinajstić information content (AvgIpc) is 2.34. The summed E-state index contributed by atoms with van der Waals surface area (Å²) in [5.41, 5.74) is 0. The number of hydrogen-bond acceptors (Lipinski definition) is 6. The Kier molecular flexibility index (Phi) is 6.32. The summed E-state index contributed by atoms with van der Waals surface area (Å²) in [7, 11) is 0. The maximum Gasteiger partial charge on any atom is 0.186 e. The van der Waals surface area contributed by atoms with Crippen LogP contribution in [0.25, 0.3) is 0 Å². The van der Waals surface area contributed by atoms with Gasteiger partial charge >= 0.3 is 0 Å². The van der Waals surface area contributed by atoms with Gasteiger partial charge in [0.25, 0.3) is 0 Å². The zero-order chi connectivity index (χ0) is 12.8. The molecule has 0 aromatic carbocycles. The molecule has 0 amide bonds. The lowest BCUT2D eigenvalue weighted by atomic mass is 9.99. The molecule has 1 fully saturated rings. The van der Waals surface area contributed by atoms with E-state index in [2.05, 4.69) is 6.92 Å². The fourth-order valence-corrected chi connectivity index (χ4v) is 1.76. The number of unbranched alkanes of at least 4 members (excludes halogenated alkanes) is 2. The molecule has 6 heteroatoms. The highest BCUT2D eigenvalue weighted by atomic mass is 16.7. The van der Waals surface area contributed by atoms with Gasteiger partial charge < -0.3 is 29.9 Å². The van der Waals surface area contributed by atoms with Crippen molar-refractivity contribution in [3.63, 3.8) is 0 Å². The van der Waals surface area contributed by atoms with Crippen LogP contribution in [-0.4, -0.2) is 64.3 Å². The van der Waals surface area contributed by atoms with Crippen molar-refractivity contribution in [2.24, 2.45) is 0 Å². The third-order valence-corrected chi connectivity index (χ3v) is 2.88. The first-order valence-electron chi connectivity index (χ1n) is 6.04. The zero-order valence-corrected chi connectivity index (χ0v) is 10.0. The summed E-state index contributed by atoms with van der Waals surface area (Å²) in [4.78, 5) is 0. The summed E-state index contributed by atoms with van der Waals surface area (Å²) in [5.74, 6) is 0. The molecule has 0 aliphatic carbocycles. The number of aliphatic hydroxyl groups excluding tert-OH is 4. The summed E-state index contributed by atoms with van der Waals surface area (Å²) in [6.07, 6.45) is -2.98. The number of hydrogen-bond donors (Lipinski definition) is 4. The molecule has 1 aliphatic rings. The lowest BCUT2D eigenvalue weighted by molar-refractivity contribution is -0.301. The molecule has 6 nitrogen and oxygen atoms in total. The van der Waals surface area contributed by atoms with E-state index in [-0.39, 0.29) is 0 Å². The smallest absolute Gasteiger partial charge is 0.186 e. The Morgan fingerprint density at radius 2 is 1.76 bits per heavy atom. The molecule has 1 aliphatic heterocycles. The topological polar surface area (TPSA) is 99.4 Å². The number of rotatable bonds is 6. The van der Waals surface area contributed by atoms with Crippen molar-refractivity contribution in [3.05, 3.63) is 0 Å². The number of aliphatic hydroxyl groups is 4. The molecule has 0 spiro atoms. The van der Waals surface area contributed by atoms with Crippen LogP contribution in [0.15, 0.2) is 0 Å². The molecule has 0 bridgehead atoms. The SMILES string of the molecule is CCCCCO[C@@H]1O[C@H](CO)[C@@H](O)[C@H](O)[C@H]1O. The molecular weight excluding hydrogens is 228 g/mol. The Morgan fingerprint density at radius 1 is 1.06 bits per heavy atom. The summed E-state index contributed by atoms with van der Waals surface area (Å²) in [6, 6.07) is 0. The Balaban J connectivity index is 2.42. The van der Waals surface area contributed by atoms with Crippen LogP contribution in [0.1, 0.15) is 26.2 Å². The van der Waals surface area contributed by atoms with Crippen LogP contribution in [-0.2, 0) is 9.47 Å². The van der Waals surface area contributed by atoms with Gasteiger partial charge in [-0.1, -0.05) is 19.8 Å². The molecule has 0 radical (unpaired) electrons. The molecule has 17 heavy (non-hydrogen) atoms. The molecule has 0 aromatic heterocycles. The summed E-state index contributed by atoms with van der Waals surface area (Å²) in [6.45, 7) is 2.05. The van der Waals surface area contributed by atoms with E-state index in [4.69, 9.17) is 14.6 Å². The average molecular weight is 250 g/mol. The molecule has 1 saturated heterocycles. The van der Waals surface area contributed by atoms with Crippen LogP contribution in [0.5, 0.6) is 0 Å². The monoisotopic (exact) mass is 250 g/mol. The predicted octanol–water partition coefficient (Wildman–Crippen LogP) is -1.01. The van der Waals surface area contributed by atoms with E-state index in [1.807, 2.05) is 0 Å². The van der Waals surface area contributed by atoms with Crippen LogP contribution in [0.2, 0.25) is 0 Å². The summed E-state index contributed by atoms with van der Waals surface area (Å²) < 4.78 is 10.5. The van der Waals surface area contributed by atoms with Crippen molar-refractivity contribution in [2.45, 2.75) is 56.9 Å². The Bertz CT molecular complexity index is 210. The fraction of sp³-hybridized carbons (Fsp3) is 1.00. The first-order valence-corrected chi connectivity index (χ1v) is 6.04. The van der Waals surface area contributed by atoms with E-state index in [9.17, 15) is 15.3 Å². The molecule has 0 aromatic rings. The maximum atomic E-state index is 9.64. The largest absolute Gasteiger partial charge is 0.394 e. The van der Waals surface area contributed by atoms with Crippen LogP contribution in [0.3, 0.4) is 0 Å². The van der Waals surface area contributed by atoms with Crippen LogP contribution < -0.4 is 0 Å². The van der Waals surface area contributed by atoms with Crippen LogP contribution in [0, 0.1) is 0 Å². The van der Waals surface area contributed by atoms with Gasteiger partial charge in [0.05, 0.1) is 6.61 Å². The molecule has 1 rings (SSSR count). The van der Waals surface area contributed by atoms with Crippen molar-refractivity contribution >= 4 is 0 Å². The number of ether oxygens (including phenoxy) is 2. The normalized spacial score (nSPS) is 38.3. The van der Waals surface area contributed by atoms with Gasteiger partial charge in [0, 0.05) is 6.61 Å². The molecule has 0 unspecified atom stereocenters. The van der Waals surface area contributed by atoms with E-state index in [1.165, 1.54) is 0 Å². The van der Waals surface area contributed by atoms with E-state index in [0.29, 0.717) is 6.61 Å². The van der Waals surface area contributed by atoms with Gasteiger partial charge in [-0.05, 0) is 6.42 Å². The highest BCUT2D eigenvalue weighted by molar-refractivity contribution is 4.88. The third kappa shape index (κ3) is 3.87. The maximum absolute atomic E-state index is 9.64. The van der Waals surface area contributed by atoms with Crippen molar-refractivity contribution in [2.75, 3.05) is 13.2 Å². The second kappa shape index (κ2) is 7.25. The quantitative estimate of drug-likeness (QED) is 0.451. The Hall–Kier alpha value is -0.240. The van der Waals surface area contributed by atoms with Gasteiger partial charge in [-0.2, -0.15) is 0 Å². The Labute approximate surface area is 101 Å². The van der Waals surface area contributed by atoms with Gasteiger partial charge in [-0.25, -0.2) is 0 Å². The lowest BCUT2D eigenvalue weighted by Gasteiger charge is -2.39. The predicted molar refractivity (Wildman–Crippen MR) is 59.2 cm³/mol. The Morgan fingerprint density at radius 3 is 2.35 bits per heavy atom. The second-order valence-corrected chi connectivity index (χ2v) is 4.28. The molecule has 4 N–H and O–H groups in total. The summed E-state index contributed by atoms with van der Waals surface area (Å²) >= 11 is 0. The third-order valence-electron chi connectivity index (χ3n) is 2.88.